The molecule has 1 aliphatic carbocycles. The third-order valence-electron chi connectivity index (χ3n) is 4.00. The zero-order valence-corrected chi connectivity index (χ0v) is 10.9. The summed E-state index contributed by atoms with van der Waals surface area (Å²) in [5, 5.41) is 0. The van der Waals surface area contributed by atoms with Crippen molar-refractivity contribution >= 4 is 0 Å². The number of hydrazine groups is 1. The fourth-order valence-electron chi connectivity index (χ4n) is 2.96. The van der Waals surface area contributed by atoms with E-state index >= 15 is 0 Å². The molecule has 0 amide bonds. The molecule has 0 radical (unpaired) electrons. The second-order valence-electron chi connectivity index (χ2n) is 5.37. The number of nitrogens with two attached hydrogens (primary N) is 1. The lowest BCUT2D eigenvalue weighted by Crippen LogP contribution is -2.29. The fourth-order valence-corrected chi connectivity index (χ4v) is 2.96. The first kappa shape index (κ1) is 13.5. The van der Waals surface area contributed by atoms with Crippen LogP contribution in [0.15, 0.2) is 24.3 Å². The van der Waals surface area contributed by atoms with Gasteiger partial charge >= 0.3 is 0 Å². The van der Waals surface area contributed by atoms with Crippen LogP contribution in [0, 0.1) is 11.7 Å². The number of halogens is 1. The van der Waals surface area contributed by atoms with Gasteiger partial charge in [-0.1, -0.05) is 50.7 Å². The van der Waals surface area contributed by atoms with Crippen molar-refractivity contribution in [3.8, 4) is 0 Å². The van der Waals surface area contributed by atoms with Crippen LogP contribution in [0.3, 0.4) is 0 Å². The lowest BCUT2D eigenvalue weighted by molar-refractivity contribution is 0.358. The van der Waals surface area contributed by atoms with Crippen LogP contribution in [0.1, 0.15) is 56.6 Å². The average molecular weight is 250 g/mol. The monoisotopic (exact) mass is 250 g/mol. The molecule has 0 bridgehead atoms. The van der Waals surface area contributed by atoms with Crippen molar-refractivity contribution in [2.45, 2.75) is 51.0 Å². The first-order valence-electron chi connectivity index (χ1n) is 7.01. The molecular weight excluding hydrogens is 227 g/mol. The SMILES string of the molecule is NNC(CC1CCCCCC1)c1cccc(F)c1. The van der Waals surface area contributed by atoms with Gasteiger partial charge in [0.1, 0.15) is 5.82 Å². The molecule has 100 valence electrons. The Morgan fingerprint density at radius 1 is 1.22 bits per heavy atom. The van der Waals surface area contributed by atoms with Crippen LogP contribution < -0.4 is 11.3 Å². The van der Waals surface area contributed by atoms with E-state index in [9.17, 15) is 4.39 Å². The summed E-state index contributed by atoms with van der Waals surface area (Å²) in [4.78, 5) is 0. The molecule has 1 fully saturated rings. The van der Waals surface area contributed by atoms with Crippen LogP contribution in [0.25, 0.3) is 0 Å². The highest BCUT2D eigenvalue weighted by Crippen LogP contribution is 2.30. The van der Waals surface area contributed by atoms with Crippen LogP contribution in [-0.2, 0) is 0 Å². The summed E-state index contributed by atoms with van der Waals surface area (Å²) in [6, 6.07) is 6.83. The maximum atomic E-state index is 13.2. The molecular formula is C15H23FN2. The summed E-state index contributed by atoms with van der Waals surface area (Å²) < 4.78 is 13.2. The van der Waals surface area contributed by atoms with Crippen molar-refractivity contribution in [1.82, 2.24) is 5.43 Å². The summed E-state index contributed by atoms with van der Waals surface area (Å²) in [6.07, 6.45) is 8.95. The van der Waals surface area contributed by atoms with Crippen molar-refractivity contribution in [3.63, 3.8) is 0 Å². The normalized spacial score (nSPS) is 19.4. The smallest absolute Gasteiger partial charge is 0.123 e. The molecule has 1 unspecified atom stereocenters. The van der Waals surface area contributed by atoms with Gasteiger partial charge in [-0.15, -0.1) is 0 Å². The number of nitrogens with one attached hydrogen (secondary N) is 1. The molecule has 0 saturated heterocycles. The molecule has 1 aromatic rings. The summed E-state index contributed by atoms with van der Waals surface area (Å²) in [5.74, 6) is 6.17. The van der Waals surface area contributed by atoms with Gasteiger partial charge in [-0.2, -0.15) is 0 Å². The van der Waals surface area contributed by atoms with Crippen LogP contribution >= 0.6 is 0 Å². The summed E-state index contributed by atoms with van der Waals surface area (Å²) in [6.45, 7) is 0. The maximum absolute atomic E-state index is 13.2. The van der Waals surface area contributed by atoms with Gasteiger partial charge in [0.2, 0.25) is 0 Å². The molecule has 1 saturated carbocycles. The highest BCUT2D eigenvalue weighted by molar-refractivity contribution is 5.20. The highest BCUT2D eigenvalue weighted by atomic mass is 19.1. The second-order valence-corrected chi connectivity index (χ2v) is 5.37. The van der Waals surface area contributed by atoms with Gasteiger partial charge in [-0.05, 0) is 30.0 Å². The quantitative estimate of drug-likeness (QED) is 0.486. The van der Waals surface area contributed by atoms with Crippen molar-refractivity contribution in [1.29, 1.82) is 0 Å². The van der Waals surface area contributed by atoms with Gasteiger partial charge in [0.15, 0.2) is 0 Å². The Kier molecular flexibility index (Phi) is 5.14. The zero-order valence-electron chi connectivity index (χ0n) is 10.9. The lowest BCUT2D eigenvalue weighted by Gasteiger charge is -2.22. The molecule has 3 heteroatoms. The standard InChI is InChI=1S/C15H23FN2/c16-14-9-5-8-13(11-14)15(18-17)10-12-6-3-1-2-4-7-12/h5,8-9,11-12,15,18H,1-4,6-7,10,17H2. The Morgan fingerprint density at radius 3 is 2.56 bits per heavy atom. The lowest BCUT2D eigenvalue weighted by atomic mass is 9.90. The van der Waals surface area contributed by atoms with Gasteiger partial charge in [0, 0.05) is 6.04 Å². The van der Waals surface area contributed by atoms with E-state index in [4.69, 9.17) is 5.84 Å². The van der Waals surface area contributed by atoms with Crippen molar-refractivity contribution in [3.05, 3.63) is 35.6 Å². The van der Waals surface area contributed by atoms with Gasteiger partial charge in [0.25, 0.3) is 0 Å². The van der Waals surface area contributed by atoms with Crippen LogP contribution in [-0.4, -0.2) is 0 Å². The van der Waals surface area contributed by atoms with Crippen molar-refractivity contribution in [2.75, 3.05) is 0 Å². The highest BCUT2D eigenvalue weighted by Gasteiger charge is 2.18. The van der Waals surface area contributed by atoms with Crippen LogP contribution in [0.5, 0.6) is 0 Å². The fraction of sp³-hybridized carbons (Fsp3) is 0.600. The number of benzene rings is 1. The van der Waals surface area contributed by atoms with E-state index in [1.807, 2.05) is 6.07 Å². The number of hydrogen-bond acceptors (Lipinski definition) is 2. The van der Waals surface area contributed by atoms with E-state index in [-0.39, 0.29) is 11.9 Å². The average Bonchev–Trinajstić information content (AvgIpc) is 2.64. The first-order valence-corrected chi connectivity index (χ1v) is 7.01. The second kappa shape index (κ2) is 6.86. The minimum atomic E-state index is -0.186. The summed E-state index contributed by atoms with van der Waals surface area (Å²) in [5.41, 5.74) is 3.81. The van der Waals surface area contributed by atoms with Gasteiger partial charge in [-0.25, -0.2) is 4.39 Å². The van der Waals surface area contributed by atoms with Crippen LogP contribution in [0.2, 0.25) is 0 Å². The van der Waals surface area contributed by atoms with Gasteiger partial charge in [0.05, 0.1) is 0 Å². The van der Waals surface area contributed by atoms with E-state index < -0.39 is 0 Å². The van der Waals surface area contributed by atoms with E-state index in [0.717, 1.165) is 17.9 Å². The summed E-state index contributed by atoms with van der Waals surface area (Å²) in [7, 11) is 0. The Balaban J connectivity index is 1.99. The minimum absolute atomic E-state index is 0.0730. The molecule has 0 heterocycles. The summed E-state index contributed by atoms with van der Waals surface area (Å²) >= 11 is 0. The van der Waals surface area contributed by atoms with Crippen molar-refractivity contribution in [2.24, 2.45) is 11.8 Å². The van der Waals surface area contributed by atoms with E-state index in [1.165, 1.54) is 44.6 Å². The molecule has 0 spiro atoms. The maximum Gasteiger partial charge on any atom is 0.123 e. The van der Waals surface area contributed by atoms with Gasteiger partial charge in [-0.3, -0.25) is 11.3 Å². The van der Waals surface area contributed by atoms with E-state index in [1.54, 1.807) is 12.1 Å². The number of hydrogen-bond donors (Lipinski definition) is 2. The van der Waals surface area contributed by atoms with Gasteiger partial charge < -0.3 is 0 Å². The Bertz CT molecular complexity index is 359. The largest absolute Gasteiger partial charge is 0.271 e. The van der Waals surface area contributed by atoms with E-state index in [0.29, 0.717) is 0 Å². The molecule has 1 aliphatic rings. The third-order valence-corrected chi connectivity index (χ3v) is 4.00. The van der Waals surface area contributed by atoms with E-state index in [2.05, 4.69) is 5.43 Å². The molecule has 0 aromatic heterocycles. The molecule has 18 heavy (non-hydrogen) atoms. The number of rotatable bonds is 4. The minimum Gasteiger partial charge on any atom is -0.271 e. The molecule has 3 N–H and O–H groups in total. The molecule has 1 atom stereocenters. The Labute approximate surface area is 109 Å². The predicted molar refractivity (Wildman–Crippen MR) is 72.3 cm³/mol. The zero-order chi connectivity index (χ0) is 12.8. The Hall–Kier alpha value is -0.930. The van der Waals surface area contributed by atoms with Crippen LogP contribution in [0.4, 0.5) is 4.39 Å². The predicted octanol–water partition coefficient (Wildman–Crippen LogP) is 3.69. The molecule has 2 nitrogen and oxygen atoms in total. The first-order chi connectivity index (χ1) is 8.79. The van der Waals surface area contributed by atoms with Crippen molar-refractivity contribution < 1.29 is 4.39 Å². The molecule has 2 rings (SSSR count). The third kappa shape index (κ3) is 3.79. The molecule has 0 aliphatic heterocycles. The molecule has 1 aromatic carbocycles. The topological polar surface area (TPSA) is 38.0 Å². The Morgan fingerprint density at radius 2 is 1.94 bits per heavy atom.